The van der Waals surface area contributed by atoms with Gasteiger partial charge < -0.3 is 0 Å². The van der Waals surface area contributed by atoms with Crippen LogP contribution in [-0.4, -0.2) is 18.2 Å². The van der Waals surface area contributed by atoms with Crippen molar-refractivity contribution in [1.82, 2.24) is 9.78 Å². The molecule has 0 aliphatic carbocycles. The summed E-state index contributed by atoms with van der Waals surface area (Å²) in [5.41, 5.74) is 0. The summed E-state index contributed by atoms with van der Waals surface area (Å²) in [4.78, 5) is 0.125. The van der Waals surface area contributed by atoms with Gasteiger partial charge in [-0.15, -0.1) is 0 Å². The second-order valence-corrected chi connectivity index (χ2v) is 6.47. The monoisotopic (exact) mass is 349 g/mol. The van der Waals surface area contributed by atoms with Crippen molar-refractivity contribution in [3.8, 4) is 0 Å². The summed E-state index contributed by atoms with van der Waals surface area (Å²) in [7, 11) is -2.00. The minimum atomic E-state index is -3.64. The molecule has 2 rings (SSSR count). The highest BCUT2D eigenvalue weighted by Crippen LogP contribution is 2.26. The Hall–Kier alpha value is -1.05. The van der Waals surface area contributed by atoms with Gasteiger partial charge in [-0.1, -0.05) is 11.6 Å². The van der Waals surface area contributed by atoms with Crippen LogP contribution in [0.4, 0.5) is 5.82 Å². The Morgan fingerprint density at radius 2 is 2.11 bits per heavy atom. The highest BCUT2D eigenvalue weighted by molar-refractivity contribution is 9.10. The summed E-state index contributed by atoms with van der Waals surface area (Å²) < 4.78 is 28.6. The number of rotatable bonds is 3. The Kier molecular flexibility index (Phi) is 3.65. The topological polar surface area (TPSA) is 64.0 Å². The van der Waals surface area contributed by atoms with Crippen LogP contribution in [0, 0.1) is 0 Å². The molecule has 96 valence electrons. The van der Waals surface area contributed by atoms with Crippen molar-refractivity contribution in [1.29, 1.82) is 0 Å². The smallest absolute Gasteiger partial charge is 0.263 e. The molecular weight excluding hydrogens is 342 g/mol. The molecule has 0 bridgehead atoms. The molecule has 1 heterocycles. The molecule has 1 N–H and O–H groups in total. The van der Waals surface area contributed by atoms with Crippen molar-refractivity contribution < 1.29 is 8.42 Å². The molecule has 8 heteroatoms. The number of hydrogen-bond donors (Lipinski definition) is 1. The normalized spacial score (nSPS) is 11.5. The van der Waals surface area contributed by atoms with Crippen molar-refractivity contribution in [3.63, 3.8) is 0 Å². The van der Waals surface area contributed by atoms with Crippen LogP contribution in [0.2, 0.25) is 5.02 Å². The second kappa shape index (κ2) is 4.91. The highest BCUT2D eigenvalue weighted by atomic mass is 79.9. The fraction of sp³-hybridized carbons (Fsp3) is 0.100. The van der Waals surface area contributed by atoms with Crippen LogP contribution in [0.1, 0.15) is 0 Å². The van der Waals surface area contributed by atoms with Crippen molar-refractivity contribution in [2.45, 2.75) is 4.90 Å². The summed E-state index contributed by atoms with van der Waals surface area (Å²) in [6.45, 7) is 0. The molecule has 2 aromatic rings. The molecule has 1 aromatic heterocycles. The Labute approximate surface area is 118 Å². The number of sulfonamides is 1. The van der Waals surface area contributed by atoms with Crippen LogP contribution in [0.15, 0.2) is 39.8 Å². The number of aromatic nitrogens is 2. The van der Waals surface area contributed by atoms with Crippen LogP contribution in [-0.2, 0) is 17.1 Å². The molecule has 1 aromatic carbocycles. The van der Waals surface area contributed by atoms with E-state index in [0.717, 1.165) is 0 Å². The fourth-order valence-electron chi connectivity index (χ4n) is 1.31. The van der Waals surface area contributed by atoms with Crippen LogP contribution in [0.25, 0.3) is 0 Å². The quantitative estimate of drug-likeness (QED) is 0.925. The molecule has 0 unspecified atom stereocenters. The average molecular weight is 351 g/mol. The van der Waals surface area contributed by atoms with E-state index in [1.807, 2.05) is 0 Å². The van der Waals surface area contributed by atoms with E-state index in [-0.39, 0.29) is 4.90 Å². The summed E-state index contributed by atoms with van der Waals surface area (Å²) in [6, 6.07) is 5.97. The van der Waals surface area contributed by atoms with Crippen molar-refractivity contribution in [2.24, 2.45) is 7.05 Å². The lowest BCUT2D eigenvalue weighted by Crippen LogP contribution is -2.15. The summed E-state index contributed by atoms with van der Waals surface area (Å²) in [6.07, 6.45) is 1.51. The van der Waals surface area contributed by atoms with E-state index < -0.39 is 10.0 Å². The van der Waals surface area contributed by atoms with Crippen molar-refractivity contribution in [2.75, 3.05) is 4.72 Å². The molecule has 0 radical (unpaired) electrons. The lowest BCUT2D eigenvalue weighted by Gasteiger charge is -2.08. The predicted octanol–water partition coefficient (Wildman–Crippen LogP) is 2.64. The van der Waals surface area contributed by atoms with Crippen molar-refractivity contribution in [3.05, 3.63) is 40.0 Å². The van der Waals surface area contributed by atoms with Gasteiger partial charge >= 0.3 is 0 Å². The lowest BCUT2D eigenvalue weighted by atomic mass is 10.4. The van der Waals surface area contributed by atoms with Gasteiger partial charge in [-0.25, -0.2) is 8.42 Å². The number of anilines is 1. The van der Waals surface area contributed by atoms with E-state index in [1.165, 1.54) is 29.1 Å². The summed E-state index contributed by atoms with van der Waals surface area (Å²) >= 11 is 9.01. The van der Waals surface area contributed by atoms with E-state index in [1.54, 1.807) is 13.1 Å². The third-order valence-electron chi connectivity index (χ3n) is 2.26. The van der Waals surface area contributed by atoms with Gasteiger partial charge in [0.05, 0.1) is 16.1 Å². The first kappa shape index (κ1) is 13.4. The Bertz CT molecular complexity index is 684. The SMILES string of the molecule is Cn1nccc1NS(=O)(=O)c1ccc(Cl)c(Br)c1. The third kappa shape index (κ3) is 2.68. The predicted molar refractivity (Wildman–Crippen MR) is 73.2 cm³/mol. The number of benzene rings is 1. The number of nitrogens with one attached hydrogen (secondary N) is 1. The van der Waals surface area contributed by atoms with E-state index in [2.05, 4.69) is 25.8 Å². The van der Waals surface area contributed by atoms with Crippen LogP contribution in [0.5, 0.6) is 0 Å². The van der Waals surface area contributed by atoms with Gasteiger partial charge in [-0.2, -0.15) is 5.10 Å². The molecule has 0 aliphatic rings. The first-order valence-corrected chi connectivity index (χ1v) is 7.51. The van der Waals surface area contributed by atoms with Gasteiger partial charge in [0, 0.05) is 17.6 Å². The Balaban J connectivity index is 2.37. The second-order valence-electron chi connectivity index (χ2n) is 3.52. The molecule has 0 spiro atoms. The molecule has 0 saturated heterocycles. The van der Waals surface area contributed by atoms with E-state index in [4.69, 9.17) is 11.6 Å². The minimum Gasteiger partial charge on any atom is -0.264 e. The highest BCUT2D eigenvalue weighted by Gasteiger charge is 2.16. The Morgan fingerprint density at radius 3 is 2.67 bits per heavy atom. The number of hydrogen-bond acceptors (Lipinski definition) is 3. The minimum absolute atomic E-state index is 0.125. The molecular formula is C10H9BrClN3O2S. The van der Waals surface area contributed by atoms with Gasteiger partial charge in [0.15, 0.2) is 0 Å². The first-order valence-electron chi connectivity index (χ1n) is 4.86. The largest absolute Gasteiger partial charge is 0.264 e. The average Bonchev–Trinajstić information content (AvgIpc) is 2.67. The molecule has 5 nitrogen and oxygen atoms in total. The van der Waals surface area contributed by atoms with Crippen molar-refractivity contribution >= 4 is 43.4 Å². The van der Waals surface area contributed by atoms with Gasteiger partial charge in [0.1, 0.15) is 5.82 Å². The molecule has 18 heavy (non-hydrogen) atoms. The first-order chi connectivity index (χ1) is 8.40. The van der Waals surface area contributed by atoms with Gasteiger partial charge in [-0.05, 0) is 34.1 Å². The van der Waals surface area contributed by atoms with Crippen LogP contribution >= 0.6 is 27.5 Å². The number of halogens is 2. The maximum Gasteiger partial charge on any atom is 0.263 e. The fourth-order valence-corrected chi connectivity index (χ4v) is 3.08. The summed E-state index contributed by atoms with van der Waals surface area (Å²) in [5.74, 6) is 0.390. The van der Waals surface area contributed by atoms with E-state index in [9.17, 15) is 8.42 Å². The van der Waals surface area contributed by atoms with Gasteiger partial charge in [0.25, 0.3) is 10.0 Å². The Morgan fingerprint density at radius 1 is 1.39 bits per heavy atom. The van der Waals surface area contributed by atoms with Gasteiger partial charge in [-0.3, -0.25) is 9.40 Å². The molecule has 0 fully saturated rings. The number of aryl methyl sites for hydroxylation is 1. The molecule has 0 amide bonds. The zero-order valence-corrected chi connectivity index (χ0v) is 12.4. The third-order valence-corrected chi connectivity index (χ3v) is 4.83. The maximum absolute atomic E-state index is 12.1. The van der Waals surface area contributed by atoms with Crippen LogP contribution in [0.3, 0.4) is 0 Å². The standard InChI is InChI=1S/C10H9BrClN3O2S/c1-15-10(4-5-13-15)14-18(16,17)7-2-3-9(12)8(11)6-7/h2-6,14H,1H3. The zero-order chi connectivity index (χ0) is 13.3. The van der Waals surface area contributed by atoms with Crippen LogP contribution < -0.4 is 4.72 Å². The molecule has 0 saturated carbocycles. The summed E-state index contributed by atoms with van der Waals surface area (Å²) in [5, 5.41) is 4.34. The van der Waals surface area contributed by atoms with Gasteiger partial charge in [0.2, 0.25) is 0 Å². The van der Waals surface area contributed by atoms with E-state index >= 15 is 0 Å². The molecule has 0 aliphatic heterocycles. The zero-order valence-electron chi connectivity index (χ0n) is 9.26. The number of nitrogens with zero attached hydrogens (tertiary/aromatic N) is 2. The molecule has 0 atom stereocenters. The maximum atomic E-state index is 12.1. The lowest BCUT2D eigenvalue weighted by molar-refractivity contribution is 0.600. The van der Waals surface area contributed by atoms with E-state index in [0.29, 0.717) is 15.3 Å².